The van der Waals surface area contributed by atoms with Crippen molar-refractivity contribution >= 4 is 44.8 Å². The third kappa shape index (κ3) is 2.89. The van der Waals surface area contributed by atoms with Gasteiger partial charge in [-0.15, -0.1) is 0 Å². The Balaban J connectivity index is 1.80. The van der Waals surface area contributed by atoms with E-state index in [-0.39, 0.29) is 0 Å². The van der Waals surface area contributed by atoms with Crippen LogP contribution >= 0.6 is 0 Å². The Bertz CT molecular complexity index is 1460. The number of benzene rings is 2. The molecule has 5 rings (SSSR count). The second-order valence-electron chi connectivity index (χ2n) is 7.84. The van der Waals surface area contributed by atoms with Crippen molar-refractivity contribution in [3.8, 4) is 11.5 Å². The van der Waals surface area contributed by atoms with Crippen LogP contribution in [0.3, 0.4) is 0 Å². The topological polar surface area (TPSA) is 74.5 Å². The van der Waals surface area contributed by atoms with Crippen LogP contribution in [0.25, 0.3) is 33.0 Å². The first-order valence-corrected chi connectivity index (χ1v) is 10.4. The fourth-order valence-corrected chi connectivity index (χ4v) is 4.49. The van der Waals surface area contributed by atoms with Gasteiger partial charge in [0.2, 0.25) is 0 Å². The van der Waals surface area contributed by atoms with Gasteiger partial charge in [0.1, 0.15) is 11.5 Å². The molecule has 0 saturated heterocycles. The van der Waals surface area contributed by atoms with Crippen molar-refractivity contribution in [3.05, 3.63) is 59.9 Å². The van der Waals surface area contributed by atoms with E-state index in [1.165, 1.54) is 0 Å². The molecule has 2 amide bonds. The standard InChI is InChI=1S/C25H23N3O4/c1-5-32-15-6-8-16-18(12-28(3)21(16)11-15)22-23(25(30)26-24(22)29)19-13-27(2)20-9-7-14(31-4)10-17(19)20/h6-13H,5H2,1-4H3,(H,26,29,30). The Labute approximate surface area is 184 Å². The number of aromatic nitrogens is 2. The molecule has 0 bridgehead atoms. The van der Waals surface area contributed by atoms with Crippen LogP contribution in [-0.4, -0.2) is 34.7 Å². The third-order valence-corrected chi connectivity index (χ3v) is 5.94. The summed E-state index contributed by atoms with van der Waals surface area (Å²) in [7, 11) is 5.44. The predicted octanol–water partition coefficient (Wildman–Crippen LogP) is 3.64. The minimum Gasteiger partial charge on any atom is -0.497 e. The van der Waals surface area contributed by atoms with Gasteiger partial charge in [-0.3, -0.25) is 14.9 Å². The first-order valence-electron chi connectivity index (χ1n) is 10.4. The second kappa shape index (κ2) is 7.30. The fraction of sp³-hybridized carbons (Fsp3) is 0.200. The smallest absolute Gasteiger partial charge is 0.259 e. The lowest BCUT2D eigenvalue weighted by Crippen LogP contribution is -2.22. The van der Waals surface area contributed by atoms with E-state index in [9.17, 15) is 9.59 Å². The van der Waals surface area contributed by atoms with Gasteiger partial charge in [0, 0.05) is 60.0 Å². The summed E-state index contributed by atoms with van der Waals surface area (Å²) in [5.74, 6) is 0.648. The first-order chi connectivity index (χ1) is 15.4. The zero-order valence-corrected chi connectivity index (χ0v) is 18.4. The first kappa shape index (κ1) is 19.9. The highest BCUT2D eigenvalue weighted by atomic mass is 16.5. The summed E-state index contributed by atoms with van der Waals surface area (Å²) in [6.45, 7) is 2.50. The average Bonchev–Trinajstić information content (AvgIpc) is 3.38. The number of hydrogen-bond donors (Lipinski definition) is 1. The summed E-state index contributed by atoms with van der Waals surface area (Å²) in [6.07, 6.45) is 3.77. The van der Waals surface area contributed by atoms with Crippen LogP contribution in [0.1, 0.15) is 18.1 Å². The quantitative estimate of drug-likeness (QED) is 0.492. The number of methoxy groups -OCH3 is 1. The lowest BCUT2D eigenvalue weighted by atomic mass is 9.95. The number of ether oxygens (including phenoxy) is 2. The van der Waals surface area contributed by atoms with Gasteiger partial charge in [-0.1, -0.05) is 0 Å². The molecule has 0 spiro atoms. The van der Waals surface area contributed by atoms with Crippen molar-refractivity contribution in [3.63, 3.8) is 0 Å². The van der Waals surface area contributed by atoms with Crippen LogP contribution in [-0.2, 0) is 23.7 Å². The molecule has 2 aromatic carbocycles. The number of nitrogens with one attached hydrogen (secondary N) is 1. The van der Waals surface area contributed by atoms with Crippen LogP contribution in [0.2, 0.25) is 0 Å². The van der Waals surface area contributed by atoms with E-state index in [2.05, 4.69) is 5.32 Å². The van der Waals surface area contributed by atoms with Crippen LogP contribution in [0.4, 0.5) is 0 Å². The van der Waals surface area contributed by atoms with Crippen molar-refractivity contribution in [2.45, 2.75) is 6.92 Å². The number of imide groups is 1. The summed E-state index contributed by atoms with van der Waals surface area (Å²) in [5.41, 5.74) is 4.02. The zero-order chi connectivity index (χ0) is 22.6. The molecular formula is C25H23N3O4. The molecule has 4 aromatic rings. The Morgan fingerprint density at radius 3 is 2.09 bits per heavy atom. The lowest BCUT2D eigenvalue weighted by Gasteiger charge is -2.05. The molecule has 1 aliphatic heterocycles. The van der Waals surface area contributed by atoms with Gasteiger partial charge in [-0.2, -0.15) is 0 Å². The molecule has 0 fully saturated rings. The fourth-order valence-electron chi connectivity index (χ4n) is 4.49. The monoisotopic (exact) mass is 429 g/mol. The number of carbonyl (C=O) groups excluding carboxylic acids is 2. The van der Waals surface area contributed by atoms with Crippen molar-refractivity contribution in [1.82, 2.24) is 14.5 Å². The van der Waals surface area contributed by atoms with Crippen LogP contribution < -0.4 is 14.8 Å². The number of fused-ring (bicyclic) bond motifs is 2. The van der Waals surface area contributed by atoms with Gasteiger partial charge in [0.05, 0.1) is 30.4 Å². The average molecular weight is 429 g/mol. The van der Waals surface area contributed by atoms with Crippen LogP contribution in [0.15, 0.2) is 48.8 Å². The van der Waals surface area contributed by atoms with E-state index in [0.717, 1.165) is 27.6 Å². The number of aryl methyl sites for hydroxylation is 2. The maximum absolute atomic E-state index is 13.0. The number of rotatable bonds is 5. The summed E-state index contributed by atoms with van der Waals surface area (Å²) in [6, 6.07) is 11.5. The van der Waals surface area contributed by atoms with Crippen LogP contribution in [0.5, 0.6) is 11.5 Å². The van der Waals surface area contributed by atoms with Gasteiger partial charge in [-0.25, -0.2) is 0 Å². The zero-order valence-electron chi connectivity index (χ0n) is 18.4. The molecular weight excluding hydrogens is 406 g/mol. The highest BCUT2D eigenvalue weighted by molar-refractivity contribution is 6.50. The molecule has 7 heteroatoms. The Kier molecular flexibility index (Phi) is 4.55. The molecule has 0 unspecified atom stereocenters. The Morgan fingerprint density at radius 1 is 0.812 bits per heavy atom. The van der Waals surface area contributed by atoms with Gasteiger partial charge >= 0.3 is 0 Å². The SMILES string of the molecule is CCOc1ccc2c(C3=C(c4cn(C)c5ccc(OC)cc45)C(=O)NC3=O)cn(C)c2c1. The minimum absolute atomic E-state index is 0.371. The van der Waals surface area contributed by atoms with Crippen LogP contribution in [0, 0.1) is 0 Å². The molecule has 32 heavy (non-hydrogen) atoms. The summed E-state index contributed by atoms with van der Waals surface area (Å²) in [4.78, 5) is 26.0. The number of amides is 2. The number of hydrogen-bond acceptors (Lipinski definition) is 4. The van der Waals surface area contributed by atoms with Gasteiger partial charge in [0.25, 0.3) is 11.8 Å². The highest BCUT2D eigenvalue weighted by Gasteiger charge is 2.35. The molecule has 1 N–H and O–H groups in total. The maximum atomic E-state index is 13.0. The minimum atomic E-state index is -0.400. The van der Waals surface area contributed by atoms with E-state index in [1.54, 1.807) is 7.11 Å². The molecule has 0 saturated carbocycles. The third-order valence-electron chi connectivity index (χ3n) is 5.94. The molecule has 2 aromatic heterocycles. The number of carbonyl (C=O) groups is 2. The van der Waals surface area contributed by atoms with Gasteiger partial charge < -0.3 is 18.6 Å². The van der Waals surface area contributed by atoms with E-state index in [4.69, 9.17) is 9.47 Å². The van der Waals surface area contributed by atoms with E-state index >= 15 is 0 Å². The highest BCUT2D eigenvalue weighted by Crippen LogP contribution is 2.39. The maximum Gasteiger partial charge on any atom is 0.259 e. The summed E-state index contributed by atoms with van der Waals surface area (Å²) >= 11 is 0. The summed E-state index contributed by atoms with van der Waals surface area (Å²) < 4.78 is 14.9. The van der Waals surface area contributed by atoms with Crippen molar-refractivity contribution in [2.75, 3.05) is 13.7 Å². The second-order valence-corrected chi connectivity index (χ2v) is 7.84. The lowest BCUT2D eigenvalue weighted by molar-refractivity contribution is -0.122. The molecule has 162 valence electrons. The number of nitrogens with zero attached hydrogens (tertiary/aromatic N) is 2. The van der Waals surface area contributed by atoms with E-state index in [0.29, 0.717) is 34.6 Å². The molecule has 0 atom stereocenters. The molecule has 3 heterocycles. The van der Waals surface area contributed by atoms with Crippen molar-refractivity contribution < 1.29 is 19.1 Å². The predicted molar refractivity (Wildman–Crippen MR) is 124 cm³/mol. The Hall–Kier alpha value is -4.00. The van der Waals surface area contributed by atoms with Gasteiger partial charge in [-0.05, 0) is 37.3 Å². The Morgan fingerprint density at radius 2 is 1.44 bits per heavy atom. The van der Waals surface area contributed by atoms with Gasteiger partial charge in [0.15, 0.2) is 0 Å². The normalized spacial score (nSPS) is 14.0. The van der Waals surface area contributed by atoms with E-state index in [1.807, 2.05) is 78.9 Å². The van der Waals surface area contributed by atoms with E-state index < -0.39 is 11.8 Å². The molecule has 0 radical (unpaired) electrons. The van der Waals surface area contributed by atoms with Crippen molar-refractivity contribution in [2.24, 2.45) is 14.1 Å². The molecule has 0 aliphatic carbocycles. The molecule has 1 aliphatic rings. The largest absolute Gasteiger partial charge is 0.497 e. The van der Waals surface area contributed by atoms with Crippen molar-refractivity contribution in [1.29, 1.82) is 0 Å². The summed E-state index contributed by atoms with van der Waals surface area (Å²) in [5, 5.41) is 4.23. The molecule has 7 nitrogen and oxygen atoms in total.